The summed E-state index contributed by atoms with van der Waals surface area (Å²) in [4.78, 5) is 12.6. The number of rotatable bonds is 7. The third-order valence-corrected chi connectivity index (χ3v) is 5.27. The van der Waals surface area contributed by atoms with Crippen molar-refractivity contribution in [2.75, 3.05) is 10.6 Å². The molecule has 1 aromatic carbocycles. The second-order valence-electron chi connectivity index (χ2n) is 6.05. The van der Waals surface area contributed by atoms with Gasteiger partial charge in [-0.3, -0.25) is 9.10 Å². The minimum absolute atomic E-state index is 0.215. The molecule has 0 unspecified atom stereocenters. The molecule has 0 saturated carbocycles. The Labute approximate surface area is 148 Å². The van der Waals surface area contributed by atoms with Gasteiger partial charge in [0.15, 0.2) is 0 Å². The number of hydrogen-bond donors (Lipinski definition) is 1. The SMILES string of the molecule is CC[C@@H](C(=O)NCc1ccco1)N(c1ccc(C)c(C)c1)S(C)(=O)=O. The first-order valence-electron chi connectivity index (χ1n) is 8.10. The van der Waals surface area contributed by atoms with E-state index in [1.54, 1.807) is 31.2 Å². The largest absolute Gasteiger partial charge is 0.467 e. The van der Waals surface area contributed by atoms with Gasteiger partial charge in [-0.15, -0.1) is 0 Å². The molecule has 0 bridgehead atoms. The van der Waals surface area contributed by atoms with Crippen LogP contribution in [0, 0.1) is 13.8 Å². The van der Waals surface area contributed by atoms with Gasteiger partial charge in [0.1, 0.15) is 11.8 Å². The highest BCUT2D eigenvalue weighted by molar-refractivity contribution is 7.92. The van der Waals surface area contributed by atoms with Crippen LogP contribution in [0.2, 0.25) is 0 Å². The van der Waals surface area contributed by atoms with E-state index in [0.717, 1.165) is 17.4 Å². The lowest BCUT2D eigenvalue weighted by Gasteiger charge is -2.30. The van der Waals surface area contributed by atoms with Crippen LogP contribution in [0.15, 0.2) is 41.0 Å². The van der Waals surface area contributed by atoms with Crippen LogP contribution < -0.4 is 9.62 Å². The Bertz CT molecular complexity index is 829. The molecule has 1 heterocycles. The van der Waals surface area contributed by atoms with Gasteiger partial charge in [0, 0.05) is 0 Å². The van der Waals surface area contributed by atoms with Gasteiger partial charge in [-0.05, 0) is 55.7 Å². The Morgan fingerprint density at radius 1 is 1.24 bits per heavy atom. The minimum atomic E-state index is -3.63. The van der Waals surface area contributed by atoms with Gasteiger partial charge < -0.3 is 9.73 Å². The number of hydrogen-bond acceptors (Lipinski definition) is 4. The van der Waals surface area contributed by atoms with Gasteiger partial charge in [0.2, 0.25) is 15.9 Å². The first kappa shape index (κ1) is 19.1. The molecule has 2 aromatic rings. The summed E-state index contributed by atoms with van der Waals surface area (Å²) in [6.07, 6.45) is 2.99. The van der Waals surface area contributed by atoms with Crippen molar-refractivity contribution in [3.63, 3.8) is 0 Å². The average molecular weight is 364 g/mol. The molecule has 2 rings (SSSR count). The summed E-state index contributed by atoms with van der Waals surface area (Å²) in [5, 5.41) is 2.75. The fourth-order valence-corrected chi connectivity index (χ4v) is 3.83. The number of carbonyl (C=O) groups is 1. The van der Waals surface area contributed by atoms with Crippen molar-refractivity contribution in [3.05, 3.63) is 53.5 Å². The Morgan fingerprint density at radius 2 is 1.96 bits per heavy atom. The monoisotopic (exact) mass is 364 g/mol. The lowest BCUT2D eigenvalue weighted by atomic mass is 10.1. The van der Waals surface area contributed by atoms with Crippen LogP contribution in [0.5, 0.6) is 0 Å². The predicted molar refractivity (Wildman–Crippen MR) is 97.9 cm³/mol. The Balaban J connectivity index is 2.30. The molecule has 7 heteroatoms. The number of nitrogens with one attached hydrogen (secondary N) is 1. The fraction of sp³-hybridized carbons (Fsp3) is 0.389. The zero-order valence-electron chi connectivity index (χ0n) is 14.9. The molecule has 0 aliphatic rings. The molecule has 136 valence electrons. The summed E-state index contributed by atoms with van der Waals surface area (Å²) in [7, 11) is -3.63. The van der Waals surface area contributed by atoms with Crippen LogP contribution in [0.4, 0.5) is 5.69 Å². The van der Waals surface area contributed by atoms with Crippen LogP contribution >= 0.6 is 0 Å². The van der Waals surface area contributed by atoms with E-state index in [9.17, 15) is 13.2 Å². The van der Waals surface area contributed by atoms with Gasteiger partial charge >= 0.3 is 0 Å². The highest BCUT2D eigenvalue weighted by Crippen LogP contribution is 2.25. The third kappa shape index (κ3) is 4.63. The lowest BCUT2D eigenvalue weighted by molar-refractivity contribution is -0.122. The molecule has 0 fully saturated rings. The summed E-state index contributed by atoms with van der Waals surface area (Å²) in [6.45, 7) is 5.87. The molecule has 0 radical (unpaired) electrons. The maximum absolute atomic E-state index is 12.6. The average Bonchev–Trinajstić information content (AvgIpc) is 3.05. The smallest absolute Gasteiger partial charge is 0.244 e. The third-order valence-electron chi connectivity index (χ3n) is 4.09. The van der Waals surface area contributed by atoms with Crippen molar-refractivity contribution < 1.29 is 17.6 Å². The number of furan rings is 1. The predicted octanol–water partition coefficient (Wildman–Crippen LogP) is 2.76. The van der Waals surface area contributed by atoms with Gasteiger partial charge in [0.25, 0.3) is 0 Å². The zero-order chi connectivity index (χ0) is 18.6. The first-order chi connectivity index (χ1) is 11.7. The van der Waals surface area contributed by atoms with E-state index in [1.807, 2.05) is 19.9 Å². The van der Waals surface area contributed by atoms with Crippen molar-refractivity contribution in [3.8, 4) is 0 Å². The summed E-state index contributed by atoms with van der Waals surface area (Å²) in [5.41, 5.74) is 2.52. The number of sulfonamides is 1. The summed E-state index contributed by atoms with van der Waals surface area (Å²) >= 11 is 0. The van der Waals surface area contributed by atoms with E-state index < -0.39 is 16.1 Å². The second-order valence-corrected chi connectivity index (χ2v) is 7.91. The van der Waals surface area contributed by atoms with Crippen molar-refractivity contribution in [1.82, 2.24) is 5.32 Å². The van der Waals surface area contributed by atoms with Gasteiger partial charge in [-0.1, -0.05) is 13.0 Å². The van der Waals surface area contributed by atoms with E-state index >= 15 is 0 Å². The zero-order valence-corrected chi connectivity index (χ0v) is 15.8. The molecule has 1 atom stereocenters. The number of nitrogens with zero attached hydrogens (tertiary/aromatic N) is 1. The van der Waals surface area contributed by atoms with Crippen molar-refractivity contribution in [1.29, 1.82) is 0 Å². The molecule has 1 amide bonds. The Hall–Kier alpha value is -2.28. The number of aryl methyl sites for hydroxylation is 2. The standard InChI is InChI=1S/C18H24N2O4S/c1-5-17(18(21)19-12-16-7-6-10-24-16)20(25(4,22)23)15-9-8-13(2)14(3)11-15/h6-11,17H,5,12H2,1-4H3,(H,19,21)/t17-/m0/s1. The second kappa shape index (κ2) is 7.74. The minimum Gasteiger partial charge on any atom is -0.467 e. The van der Waals surface area contributed by atoms with Crippen LogP contribution in [0.3, 0.4) is 0 Å². The van der Waals surface area contributed by atoms with E-state index in [2.05, 4.69) is 5.32 Å². The Kier molecular flexibility index (Phi) is 5.89. The van der Waals surface area contributed by atoms with Gasteiger partial charge in [-0.2, -0.15) is 0 Å². The van der Waals surface area contributed by atoms with E-state index in [0.29, 0.717) is 17.9 Å². The fourth-order valence-electron chi connectivity index (χ4n) is 2.63. The molecule has 25 heavy (non-hydrogen) atoms. The number of anilines is 1. The van der Waals surface area contributed by atoms with Crippen molar-refractivity contribution in [2.45, 2.75) is 39.8 Å². The number of amides is 1. The van der Waals surface area contributed by atoms with Crippen LogP contribution in [0.1, 0.15) is 30.2 Å². The van der Waals surface area contributed by atoms with Crippen LogP contribution in [0.25, 0.3) is 0 Å². The first-order valence-corrected chi connectivity index (χ1v) is 9.95. The van der Waals surface area contributed by atoms with E-state index in [-0.39, 0.29) is 12.5 Å². The van der Waals surface area contributed by atoms with Crippen LogP contribution in [-0.2, 0) is 21.4 Å². The van der Waals surface area contributed by atoms with Crippen LogP contribution in [-0.4, -0.2) is 26.6 Å². The quantitative estimate of drug-likeness (QED) is 0.819. The molecule has 0 spiro atoms. The molecule has 1 aromatic heterocycles. The maximum atomic E-state index is 12.6. The van der Waals surface area contributed by atoms with Gasteiger partial charge in [0.05, 0.1) is 24.8 Å². The highest BCUT2D eigenvalue weighted by Gasteiger charge is 2.31. The number of carbonyl (C=O) groups excluding carboxylic acids is 1. The van der Waals surface area contributed by atoms with Gasteiger partial charge in [-0.25, -0.2) is 8.42 Å². The molecular weight excluding hydrogens is 340 g/mol. The molecule has 6 nitrogen and oxygen atoms in total. The van der Waals surface area contributed by atoms with Crippen molar-refractivity contribution >= 4 is 21.6 Å². The normalized spacial score (nSPS) is 12.6. The van der Waals surface area contributed by atoms with E-state index in [1.165, 1.54) is 10.6 Å². The lowest BCUT2D eigenvalue weighted by Crippen LogP contribution is -2.49. The summed E-state index contributed by atoms with van der Waals surface area (Å²) in [5.74, 6) is 0.253. The molecule has 0 aliphatic carbocycles. The molecule has 1 N–H and O–H groups in total. The molecular formula is C18H24N2O4S. The number of benzene rings is 1. The maximum Gasteiger partial charge on any atom is 0.244 e. The Morgan fingerprint density at radius 3 is 2.48 bits per heavy atom. The molecule has 0 saturated heterocycles. The van der Waals surface area contributed by atoms with E-state index in [4.69, 9.17) is 4.42 Å². The molecule has 0 aliphatic heterocycles. The topological polar surface area (TPSA) is 79.6 Å². The summed E-state index contributed by atoms with van der Waals surface area (Å²) in [6, 6.07) is 8.03. The summed E-state index contributed by atoms with van der Waals surface area (Å²) < 4.78 is 31.2. The highest BCUT2D eigenvalue weighted by atomic mass is 32.2. The van der Waals surface area contributed by atoms with Crippen molar-refractivity contribution in [2.24, 2.45) is 0 Å².